The molecule has 0 spiro atoms. The topological polar surface area (TPSA) is 0 Å². The molecule has 0 amide bonds. The van der Waals surface area contributed by atoms with Crippen molar-refractivity contribution in [3.63, 3.8) is 0 Å². The Hall–Kier alpha value is -1.57. The van der Waals surface area contributed by atoms with E-state index in [1.807, 2.05) is 97.2 Å². The van der Waals surface area contributed by atoms with Crippen molar-refractivity contribution in [3.05, 3.63) is 97.2 Å². The maximum absolute atomic E-state index is 2.00. The van der Waals surface area contributed by atoms with Gasteiger partial charge in [-0.25, -0.2) is 0 Å². The molecule has 0 aromatic rings. The minimum absolute atomic E-state index is 0. The van der Waals surface area contributed by atoms with E-state index in [-0.39, 0.29) is 16.8 Å². The predicted octanol–water partition coefficient (Wildman–Crippen LogP) is 4.45. The molecule has 2 aliphatic carbocycles. The van der Waals surface area contributed by atoms with Crippen LogP contribution >= 0.6 is 0 Å². The van der Waals surface area contributed by atoms with Gasteiger partial charge in [0.05, 0.1) is 0 Å². The summed E-state index contributed by atoms with van der Waals surface area (Å²) in [7, 11) is 0. The van der Waals surface area contributed by atoms with E-state index in [0.717, 1.165) is 0 Å². The van der Waals surface area contributed by atoms with Gasteiger partial charge in [-0.1, -0.05) is 97.2 Å². The van der Waals surface area contributed by atoms with Gasteiger partial charge in [0.1, 0.15) is 0 Å². The summed E-state index contributed by atoms with van der Waals surface area (Å²) >= 11 is 0. The molecular formula is C16H16Co+2. The summed E-state index contributed by atoms with van der Waals surface area (Å²) in [5, 5.41) is 0. The molecule has 0 atom stereocenters. The number of hydrogen-bond donors (Lipinski definition) is 0. The van der Waals surface area contributed by atoms with E-state index in [1.165, 1.54) is 0 Å². The second-order valence-electron chi connectivity index (χ2n) is 3.08. The molecule has 0 nitrogen and oxygen atoms in total. The molecule has 2 aliphatic rings. The third-order valence-electron chi connectivity index (χ3n) is 1.78. The molecule has 1 radical (unpaired) electrons. The fourth-order valence-corrected chi connectivity index (χ4v) is 1.03. The van der Waals surface area contributed by atoms with Crippen LogP contribution in [0.25, 0.3) is 0 Å². The van der Waals surface area contributed by atoms with Crippen molar-refractivity contribution < 1.29 is 16.8 Å². The van der Waals surface area contributed by atoms with Crippen LogP contribution in [0, 0.1) is 0 Å². The largest absolute Gasteiger partial charge is 2.00 e. The zero-order chi connectivity index (χ0) is 11.3. The first-order valence-corrected chi connectivity index (χ1v) is 5.33. The van der Waals surface area contributed by atoms with Gasteiger partial charge in [0.25, 0.3) is 0 Å². The first kappa shape index (κ1) is 15.4. The number of allylic oxidation sites excluding steroid dienone is 16. The monoisotopic (exact) mass is 267 g/mol. The third-order valence-corrected chi connectivity index (χ3v) is 1.78. The van der Waals surface area contributed by atoms with Crippen LogP contribution in [0.1, 0.15) is 0 Å². The quantitative estimate of drug-likeness (QED) is 0.608. The SMILES string of the molecule is C1=C\C=C/C=C\C=C/1.C1=C\C=C/C=C\C=C/1.[Co+2]. The number of rotatable bonds is 0. The van der Waals surface area contributed by atoms with Gasteiger partial charge < -0.3 is 0 Å². The van der Waals surface area contributed by atoms with Gasteiger partial charge in [0, 0.05) is 0 Å². The Balaban J connectivity index is 0.000000284. The summed E-state index contributed by atoms with van der Waals surface area (Å²) in [6.45, 7) is 0. The minimum atomic E-state index is 0. The normalized spacial score (nSPS) is 30.1. The predicted molar refractivity (Wildman–Crippen MR) is 73.1 cm³/mol. The van der Waals surface area contributed by atoms with E-state index >= 15 is 0 Å². The molecule has 0 bridgehead atoms. The van der Waals surface area contributed by atoms with Crippen LogP contribution in [0.5, 0.6) is 0 Å². The Morgan fingerprint density at radius 1 is 0.176 bits per heavy atom. The van der Waals surface area contributed by atoms with Crippen LogP contribution in [0.15, 0.2) is 97.2 Å². The minimum Gasteiger partial charge on any atom is -0.0623 e. The zero-order valence-electron chi connectivity index (χ0n) is 9.57. The Bertz CT molecular complexity index is 247. The Kier molecular flexibility index (Phi) is 11.3. The molecule has 0 aromatic carbocycles. The molecular weight excluding hydrogens is 251 g/mol. The molecule has 0 heterocycles. The summed E-state index contributed by atoms with van der Waals surface area (Å²) in [6, 6.07) is 0. The van der Waals surface area contributed by atoms with Crippen molar-refractivity contribution >= 4 is 0 Å². The van der Waals surface area contributed by atoms with Crippen LogP contribution in [0.3, 0.4) is 0 Å². The maximum atomic E-state index is 2.00. The molecule has 1 heteroatoms. The van der Waals surface area contributed by atoms with Crippen molar-refractivity contribution in [1.29, 1.82) is 0 Å². The summed E-state index contributed by atoms with van der Waals surface area (Å²) in [6.07, 6.45) is 32.0. The van der Waals surface area contributed by atoms with E-state index in [9.17, 15) is 0 Å². The smallest absolute Gasteiger partial charge is 0.0623 e. The van der Waals surface area contributed by atoms with Crippen molar-refractivity contribution in [2.45, 2.75) is 0 Å². The van der Waals surface area contributed by atoms with Crippen LogP contribution < -0.4 is 0 Å². The molecule has 0 fully saturated rings. The van der Waals surface area contributed by atoms with Crippen LogP contribution in [0.4, 0.5) is 0 Å². The van der Waals surface area contributed by atoms with Crippen molar-refractivity contribution in [2.75, 3.05) is 0 Å². The Labute approximate surface area is 114 Å². The van der Waals surface area contributed by atoms with Crippen LogP contribution in [0.2, 0.25) is 0 Å². The summed E-state index contributed by atoms with van der Waals surface area (Å²) in [5.74, 6) is 0. The molecule has 0 saturated carbocycles. The standard InChI is InChI=1S/2C8H8.Co/c2*1-2-4-6-8-7-5-3-1;/h2*1-8H;/q;;+2/b2*2-1-,3-1?,4-2?,5-3-,6-4-,7-5?,8-6?,8-7-;. The molecule has 2 rings (SSSR count). The van der Waals surface area contributed by atoms with Gasteiger partial charge in [-0.15, -0.1) is 0 Å². The molecule has 17 heavy (non-hydrogen) atoms. The fraction of sp³-hybridized carbons (Fsp3) is 0. The average molecular weight is 267 g/mol. The summed E-state index contributed by atoms with van der Waals surface area (Å²) in [5.41, 5.74) is 0. The van der Waals surface area contributed by atoms with Crippen molar-refractivity contribution in [2.24, 2.45) is 0 Å². The van der Waals surface area contributed by atoms with Crippen LogP contribution in [-0.4, -0.2) is 0 Å². The Morgan fingerprint density at radius 3 is 0.294 bits per heavy atom. The van der Waals surface area contributed by atoms with E-state index in [0.29, 0.717) is 0 Å². The summed E-state index contributed by atoms with van der Waals surface area (Å²) < 4.78 is 0. The van der Waals surface area contributed by atoms with E-state index < -0.39 is 0 Å². The molecule has 0 aliphatic heterocycles. The van der Waals surface area contributed by atoms with Gasteiger partial charge in [-0.3, -0.25) is 0 Å². The van der Waals surface area contributed by atoms with E-state index in [2.05, 4.69) is 0 Å². The number of hydrogen-bond acceptors (Lipinski definition) is 0. The third kappa shape index (κ3) is 10.7. The van der Waals surface area contributed by atoms with Gasteiger partial charge >= 0.3 is 16.8 Å². The van der Waals surface area contributed by atoms with E-state index in [4.69, 9.17) is 0 Å². The first-order chi connectivity index (χ1) is 8.00. The molecule has 0 N–H and O–H groups in total. The van der Waals surface area contributed by atoms with Crippen molar-refractivity contribution in [3.8, 4) is 0 Å². The average Bonchev–Trinajstić information content (AvgIpc) is 2.15. The molecule has 0 saturated heterocycles. The summed E-state index contributed by atoms with van der Waals surface area (Å²) in [4.78, 5) is 0. The van der Waals surface area contributed by atoms with Crippen molar-refractivity contribution in [1.82, 2.24) is 0 Å². The molecule has 87 valence electrons. The maximum Gasteiger partial charge on any atom is 2.00 e. The second-order valence-corrected chi connectivity index (χ2v) is 3.08. The van der Waals surface area contributed by atoms with Gasteiger partial charge in [0.2, 0.25) is 0 Å². The molecule has 0 unspecified atom stereocenters. The van der Waals surface area contributed by atoms with Gasteiger partial charge in [-0.2, -0.15) is 0 Å². The Morgan fingerprint density at radius 2 is 0.235 bits per heavy atom. The fourth-order valence-electron chi connectivity index (χ4n) is 1.03. The zero-order valence-corrected chi connectivity index (χ0v) is 10.6. The van der Waals surface area contributed by atoms with E-state index in [1.54, 1.807) is 0 Å². The second kappa shape index (κ2) is 12.5. The molecule has 0 aromatic heterocycles. The first-order valence-electron chi connectivity index (χ1n) is 5.33. The van der Waals surface area contributed by atoms with Crippen LogP contribution in [-0.2, 0) is 16.8 Å². The van der Waals surface area contributed by atoms with Gasteiger partial charge in [0.15, 0.2) is 0 Å². The van der Waals surface area contributed by atoms with Gasteiger partial charge in [-0.05, 0) is 0 Å².